The van der Waals surface area contributed by atoms with Crippen LogP contribution < -0.4 is 11.0 Å². The SMILES string of the molecule is Cc1ccc(Cl)cc1NC(=O)Cn1ncc(-c2ccc(Cl)cc2)nc1=O. The maximum Gasteiger partial charge on any atom is 0.365 e. The maximum atomic E-state index is 12.2. The van der Waals surface area contributed by atoms with Gasteiger partial charge in [0.25, 0.3) is 0 Å². The van der Waals surface area contributed by atoms with E-state index >= 15 is 0 Å². The lowest BCUT2D eigenvalue weighted by molar-refractivity contribution is -0.117. The fourth-order valence-corrected chi connectivity index (χ4v) is 2.58. The number of hydrogen-bond donors (Lipinski definition) is 1. The van der Waals surface area contributed by atoms with Gasteiger partial charge in [-0.15, -0.1) is 0 Å². The van der Waals surface area contributed by atoms with Crippen molar-refractivity contribution in [2.45, 2.75) is 13.5 Å². The number of nitrogens with zero attached hydrogens (tertiary/aromatic N) is 3. The largest absolute Gasteiger partial charge is 0.365 e. The molecule has 0 saturated carbocycles. The summed E-state index contributed by atoms with van der Waals surface area (Å²) in [6.45, 7) is 1.59. The summed E-state index contributed by atoms with van der Waals surface area (Å²) in [7, 11) is 0. The van der Waals surface area contributed by atoms with Crippen LogP contribution in [0.25, 0.3) is 11.3 Å². The van der Waals surface area contributed by atoms with Crippen molar-refractivity contribution in [1.82, 2.24) is 14.8 Å². The lowest BCUT2D eigenvalue weighted by Gasteiger charge is -2.09. The van der Waals surface area contributed by atoms with Gasteiger partial charge in [0, 0.05) is 21.3 Å². The van der Waals surface area contributed by atoms with Crippen LogP contribution in [0.15, 0.2) is 53.5 Å². The molecule has 0 aliphatic carbocycles. The summed E-state index contributed by atoms with van der Waals surface area (Å²) in [5.41, 5.74) is 1.95. The molecule has 0 radical (unpaired) electrons. The Morgan fingerprint density at radius 2 is 1.81 bits per heavy atom. The zero-order chi connectivity index (χ0) is 18.7. The Morgan fingerprint density at radius 1 is 1.12 bits per heavy atom. The predicted octanol–water partition coefficient (Wildman–Crippen LogP) is 3.56. The number of aromatic nitrogens is 3. The van der Waals surface area contributed by atoms with Crippen molar-refractivity contribution in [2.75, 3.05) is 5.32 Å². The molecule has 0 aliphatic heterocycles. The molecular formula is C18H14Cl2N4O2. The first kappa shape index (κ1) is 18.1. The number of anilines is 1. The third-order valence-corrected chi connectivity index (χ3v) is 4.15. The normalized spacial score (nSPS) is 10.6. The van der Waals surface area contributed by atoms with Gasteiger partial charge in [0.05, 0.1) is 11.9 Å². The van der Waals surface area contributed by atoms with Crippen molar-refractivity contribution >= 4 is 34.8 Å². The molecule has 0 aliphatic rings. The number of carbonyl (C=O) groups is 1. The minimum absolute atomic E-state index is 0.251. The Bertz CT molecular complexity index is 1020. The number of hydrogen-bond acceptors (Lipinski definition) is 4. The zero-order valence-electron chi connectivity index (χ0n) is 13.7. The molecule has 3 aromatic rings. The molecule has 0 unspecified atom stereocenters. The molecule has 6 nitrogen and oxygen atoms in total. The van der Waals surface area contributed by atoms with Crippen LogP contribution in [0.1, 0.15) is 5.56 Å². The van der Waals surface area contributed by atoms with E-state index in [0.29, 0.717) is 27.0 Å². The van der Waals surface area contributed by atoms with Crippen molar-refractivity contribution in [3.8, 4) is 11.3 Å². The number of carbonyl (C=O) groups excluding carboxylic acids is 1. The van der Waals surface area contributed by atoms with Crippen LogP contribution in [0.3, 0.4) is 0 Å². The van der Waals surface area contributed by atoms with Crippen LogP contribution in [0.5, 0.6) is 0 Å². The summed E-state index contributed by atoms with van der Waals surface area (Å²) in [4.78, 5) is 28.3. The van der Waals surface area contributed by atoms with Gasteiger partial charge in [-0.2, -0.15) is 10.1 Å². The highest BCUT2D eigenvalue weighted by Crippen LogP contribution is 2.20. The van der Waals surface area contributed by atoms with E-state index in [0.717, 1.165) is 10.2 Å². The van der Waals surface area contributed by atoms with Crippen LogP contribution in [0.2, 0.25) is 10.0 Å². The average molecular weight is 389 g/mol. The van der Waals surface area contributed by atoms with E-state index in [1.165, 1.54) is 6.20 Å². The molecular weight excluding hydrogens is 375 g/mol. The van der Waals surface area contributed by atoms with E-state index in [2.05, 4.69) is 15.4 Å². The Balaban J connectivity index is 1.75. The first-order valence-electron chi connectivity index (χ1n) is 7.68. The number of amides is 1. The molecule has 1 heterocycles. The lowest BCUT2D eigenvalue weighted by Crippen LogP contribution is -2.31. The van der Waals surface area contributed by atoms with Gasteiger partial charge in [-0.05, 0) is 36.8 Å². The van der Waals surface area contributed by atoms with E-state index in [9.17, 15) is 9.59 Å². The molecule has 132 valence electrons. The molecule has 0 atom stereocenters. The standard InChI is InChI=1S/C18H14Cl2N4O2/c1-11-2-5-14(20)8-15(11)22-17(25)10-24-18(26)23-16(9-21-24)12-3-6-13(19)7-4-12/h2-9H,10H2,1H3,(H,22,25). The van der Waals surface area contributed by atoms with Crippen LogP contribution in [0.4, 0.5) is 5.69 Å². The quantitative estimate of drug-likeness (QED) is 0.740. The Hall–Kier alpha value is -2.70. The molecule has 26 heavy (non-hydrogen) atoms. The number of aryl methyl sites for hydroxylation is 1. The molecule has 0 bridgehead atoms. The van der Waals surface area contributed by atoms with Gasteiger partial charge >= 0.3 is 5.69 Å². The first-order valence-corrected chi connectivity index (χ1v) is 8.44. The summed E-state index contributed by atoms with van der Waals surface area (Å²) >= 11 is 11.8. The summed E-state index contributed by atoms with van der Waals surface area (Å²) < 4.78 is 0.995. The molecule has 2 aromatic carbocycles. The Kier molecular flexibility index (Phi) is 5.35. The van der Waals surface area contributed by atoms with Gasteiger partial charge in [0.1, 0.15) is 6.54 Å². The molecule has 3 rings (SSSR count). The monoisotopic (exact) mass is 388 g/mol. The second kappa shape index (κ2) is 7.68. The van der Waals surface area contributed by atoms with E-state index in [-0.39, 0.29) is 6.54 Å². The lowest BCUT2D eigenvalue weighted by atomic mass is 10.2. The van der Waals surface area contributed by atoms with Crippen molar-refractivity contribution < 1.29 is 4.79 Å². The van der Waals surface area contributed by atoms with Gasteiger partial charge < -0.3 is 5.32 Å². The molecule has 8 heteroatoms. The number of benzene rings is 2. The summed E-state index contributed by atoms with van der Waals surface area (Å²) in [5.74, 6) is -0.397. The third kappa shape index (κ3) is 4.28. The smallest absolute Gasteiger partial charge is 0.324 e. The molecule has 1 N–H and O–H groups in total. The van der Waals surface area contributed by atoms with Gasteiger partial charge in [0.15, 0.2) is 0 Å². The Labute approximate surface area is 159 Å². The number of nitrogens with one attached hydrogen (secondary N) is 1. The summed E-state index contributed by atoms with van der Waals surface area (Å²) in [6, 6.07) is 12.1. The Morgan fingerprint density at radius 3 is 2.50 bits per heavy atom. The molecule has 0 spiro atoms. The predicted molar refractivity (Wildman–Crippen MR) is 102 cm³/mol. The van der Waals surface area contributed by atoms with E-state index < -0.39 is 11.6 Å². The van der Waals surface area contributed by atoms with Crippen molar-refractivity contribution in [1.29, 1.82) is 0 Å². The van der Waals surface area contributed by atoms with Crippen LogP contribution in [-0.2, 0) is 11.3 Å². The highest BCUT2D eigenvalue weighted by Gasteiger charge is 2.10. The topological polar surface area (TPSA) is 76.9 Å². The van der Waals surface area contributed by atoms with Crippen molar-refractivity contribution in [2.24, 2.45) is 0 Å². The number of halogens is 2. The second-order valence-corrected chi connectivity index (χ2v) is 6.47. The fraction of sp³-hybridized carbons (Fsp3) is 0.111. The molecule has 0 fully saturated rings. The van der Waals surface area contributed by atoms with Crippen molar-refractivity contribution in [3.63, 3.8) is 0 Å². The fourth-order valence-electron chi connectivity index (χ4n) is 2.29. The van der Waals surface area contributed by atoms with Crippen LogP contribution in [0, 0.1) is 6.92 Å². The second-order valence-electron chi connectivity index (χ2n) is 5.60. The van der Waals surface area contributed by atoms with Gasteiger partial charge in [-0.1, -0.05) is 41.4 Å². The summed E-state index contributed by atoms with van der Waals surface area (Å²) in [5, 5.41) is 7.83. The first-order chi connectivity index (χ1) is 12.4. The molecule has 0 saturated heterocycles. The maximum absolute atomic E-state index is 12.2. The van der Waals surface area contributed by atoms with E-state index in [1.807, 2.05) is 6.92 Å². The van der Waals surface area contributed by atoms with Crippen LogP contribution in [-0.4, -0.2) is 20.7 Å². The van der Waals surface area contributed by atoms with Crippen LogP contribution >= 0.6 is 23.2 Å². The van der Waals surface area contributed by atoms with E-state index in [4.69, 9.17) is 23.2 Å². The highest BCUT2D eigenvalue weighted by atomic mass is 35.5. The van der Waals surface area contributed by atoms with E-state index in [1.54, 1.807) is 42.5 Å². The average Bonchev–Trinajstić information content (AvgIpc) is 2.60. The molecule has 1 aromatic heterocycles. The van der Waals surface area contributed by atoms with Gasteiger partial charge in [0.2, 0.25) is 5.91 Å². The van der Waals surface area contributed by atoms with Gasteiger partial charge in [-0.3, -0.25) is 4.79 Å². The third-order valence-electron chi connectivity index (χ3n) is 3.66. The van der Waals surface area contributed by atoms with Gasteiger partial charge in [-0.25, -0.2) is 9.48 Å². The van der Waals surface area contributed by atoms with Crippen molar-refractivity contribution in [3.05, 3.63) is 74.8 Å². The minimum Gasteiger partial charge on any atom is -0.324 e. The highest BCUT2D eigenvalue weighted by molar-refractivity contribution is 6.31. The number of rotatable bonds is 4. The zero-order valence-corrected chi connectivity index (χ0v) is 15.3. The minimum atomic E-state index is -0.615. The molecule has 1 amide bonds. The summed E-state index contributed by atoms with van der Waals surface area (Å²) in [6.07, 6.45) is 1.43.